The van der Waals surface area contributed by atoms with Crippen LogP contribution in [0.2, 0.25) is 0 Å². The zero-order valence-corrected chi connectivity index (χ0v) is 10.4. The summed E-state index contributed by atoms with van der Waals surface area (Å²) >= 11 is 0. The first-order valence-corrected chi connectivity index (χ1v) is 5.97. The summed E-state index contributed by atoms with van der Waals surface area (Å²) in [7, 11) is 0. The zero-order valence-electron chi connectivity index (χ0n) is 10.4. The third-order valence-corrected chi connectivity index (χ3v) is 2.59. The molecule has 0 aromatic heterocycles. The van der Waals surface area contributed by atoms with Crippen molar-refractivity contribution in [1.82, 2.24) is 5.32 Å². The number of hydrogen-bond donors (Lipinski definition) is 1. The van der Waals surface area contributed by atoms with Gasteiger partial charge in [0.2, 0.25) is 0 Å². The van der Waals surface area contributed by atoms with Gasteiger partial charge in [-0.15, -0.1) is 0 Å². The predicted octanol–water partition coefficient (Wildman–Crippen LogP) is 2.97. The molecular formula is C12H27NO. The molecule has 0 aromatic rings. The molecule has 0 saturated heterocycles. The van der Waals surface area contributed by atoms with E-state index in [0.717, 1.165) is 26.1 Å². The average molecular weight is 201 g/mol. The summed E-state index contributed by atoms with van der Waals surface area (Å²) in [4.78, 5) is 0. The molecule has 0 saturated carbocycles. The molecule has 0 rings (SSSR count). The van der Waals surface area contributed by atoms with Crippen LogP contribution in [0.5, 0.6) is 0 Å². The van der Waals surface area contributed by atoms with Gasteiger partial charge < -0.3 is 10.1 Å². The van der Waals surface area contributed by atoms with E-state index in [-0.39, 0.29) is 5.60 Å². The Labute approximate surface area is 89.4 Å². The SMILES string of the molecule is CCNCCCCCOC(C)(C)CC. The Morgan fingerprint density at radius 2 is 1.79 bits per heavy atom. The number of hydrogen-bond acceptors (Lipinski definition) is 2. The van der Waals surface area contributed by atoms with Gasteiger partial charge in [0, 0.05) is 6.61 Å². The maximum atomic E-state index is 5.76. The van der Waals surface area contributed by atoms with E-state index >= 15 is 0 Å². The lowest BCUT2D eigenvalue weighted by Gasteiger charge is -2.23. The van der Waals surface area contributed by atoms with Crippen molar-refractivity contribution in [2.45, 2.75) is 59.0 Å². The lowest BCUT2D eigenvalue weighted by atomic mass is 10.1. The van der Waals surface area contributed by atoms with E-state index in [1.165, 1.54) is 19.3 Å². The van der Waals surface area contributed by atoms with Gasteiger partial charge in [-0.05, 0) is 52.6 Å². The molecule has 0 atom stereocenters. The summed E-state index contributed by atoms with van der Waals surface area (Å²) in [6.07, 6.45) is 4.82. The summed E-state index contributed by atoms with van der Waals surface area (Å²) < 4.78 is 5.76. The van der Waals surface area contributed by atoms with Gasteiger partial charge in [-0.2, -0.15) is 0 Å². The largest absolute Gasteiger partial charge is 0.376 e. The van der Waals surface area contributed by atoms with Crippen molar-refractivity contribution in [2.24, 2.45) is 0 Å². The molecule has 0 unspecified atom stereocenters. The van der Waals surface area contributed by atoms with Gasteiger partial charge >= 0.3 is 0 Å². The minimum Gasteiger partial charge on any atom is -0.376 e. The molecule has 14 heavy (non-hydrogen) atoms. The summed E-state index contributed by atoms with van der Waals surface area (Å²) in [5.74, 6) is 0. The van der Waals surface area contributed by atoms with E-state index in [9.17, 15) is 0 Å². The van der Waals surface area contributed by atoms with Gasteiger partial charge in [0.05, 0.1) is 5.60 Å². The van der Waals surface area contributed by atoms with Gasteiger partial charge in [-0.1, -0.05) is 13.8 Å². The van der Waals surface area contributed by atoms with Crippen LogP contribution in [-0.2, 0) is 4.74 Å². The normalized spacial score (nSPS) is 12.0. The van der Waals surface area contributed by atoms with Crippen molar-refractivity contribution >= 4 is 0 Å². The van der Waals surface area contributed by atoms with E-state index in [2.05, 4.69) is 33.0 Å². The standard InChI is InChI=1S/C12H27NO/c1-5-12(3,4)14-11-9-7-8-10-13-6-2/h13H,5-11H2,1-4H3. The maximum absolute atomic E-state index is 5.76. The van der Waals surface area contributed by atoms with Crippen LogP contribution >= 0.6 is 0 Å². The number of unbranched alkanes of at least 4 members (excludes halogenated alkanes) is 2. The summed E-state index contributed by atoms with van der Waals surface area (Å²) in [6.45, 7) is 11.8. The molecule has 1 N–H and O–H groups in total. The molecule has 0 heterocycles. The Morgan fingerprint density at radius 1 is 1.07 bits per heavy atom. The van der Waals surface area contributed by atoms with Crippen molar-refractivity contribution in [3.05, 3.63) is 0 Å². The molecule has 0 aliphatic carbocycles. The molecule has 2 heteroatoms. The van der Waals surface area contributed by atoms with Crippen molar-refractivity contribution in [3.63, 3.8) is 0 Å². The minimum absolute atomic E-state index is 0.0711. The van der Waals surface area contributed by atoms with Crippen molar-refractivity contribution < 1.29 is 4.74 Å². The second-order valence-corrected chi connectivity index (χ2v) is 4.38. The topological polar surface area (TPSA) is 21.3 Å². The fourth-order valence-electron chi connectivity index (χ4n) is 1.16. The molecule has 86 valence electrons. The Morgan fingerprint density at radius 3 is 2.36 bits per heavy atom. The van der Waals surface area contributed by atoms with Gasteiger partial charge in [0.15, 0.2) is 0 Å². The molecular weight excluding hydrogens is 174 g/mol. The third kappa shape index (κ3) is 8.52. The molecule has 2 nitrogen and oxygen atoms in total. The molecule has 0 aliphatic rings. The third-order valence-electron chi connectivity index (χ3n) is 2.59. The second-order valence-electron chi connectivity index (χ2n) is 4.38. The molecule has 0 amide bonds. The van der Waals surface area contributed by atoms with E-state index in [1.54, 1.807) is 0 Å². The first-order chi connectivity index (χ1) is 6.62. The van der Waals surface area contributed by atoms with Gasteiger partial charge in [-0.3, -0.25) is 0 Å². The van der Waals surface area contributed by atoms with E-state index in [0.29, 0.717) is 0 Å². The first kappa shape index (κ1) is 13.9. The lowest BCUT2D eigenvalue weighted by molar-refractivity contribution is -0.0216. The molecule has 0 radical (unpaired) electrons. The highest BCUT2D eigenvalue weighted by molar-refractivity contribution is 4.64. The molecule has 0 fully saturated rings. The smallest absolute Gasteiger partial charge is 0.0623 e. The van der Waals surface area contributed by atoms with Crippen LogP contribution in [0, 0.1) is 0 Å². The van der Waals surface area contributed by atoms with E-state index in [1.807, 2.05) is 0 Å². The first-order valence-electron chi connectivity index (χ1n) is 5.97. The molecule has 0 aromatic carbocycles. The van der Waals surface area contributed by atoms with Crippen LogP contribution in [0.15, 0.2) is 0 Å². The highest BCUT2D eigenvalue weighted by atomic mass is 16.5. The second kappa shape index (κ2) is 8.25. The molecule has 0 aliphatic heterocycles. The van der Waals surface area contributed by atoms with Crippen LogP contribution in [0.1, 0.15) is 53.4 Å². The highest BCUT2D eigenvalue weighted by Crippen LogP contribution is 2.13. The Bertz CT molecular complexity index is 123. The zero-order chi connectivity index (χ0) is 10.9. The minimum atomic E-state index is 0.0711. The quantitative estimate of drug-likeness (QED) is 0.579. The van der Waals surface area contributed by atoms with Gasteiger partial charge in [0.1, 0.15) is 0 Å². The van der Waals surface area contributed by atoms with Crippen LogP contribution < -0.4 is 5.32 Å². The van der Waals surface area contributed by atoms with Crippen LogP contribution in [0.3, 0.4) is 0 Å². The molecule has 0 bridgehead atoms. The lowest BCUT2D eigenvalue weighted by Crippen LogP contribution is -2.23. The Hall–Kier alpha value is -0.0800. The summed E-state index contributed by atoms with van der Waals surface area (Å²) in [5, 5.41) is 3.33. The number of nitrogens with one attached hydrogen (secondary N) is 1. The van der Waals surface area contributed by atoms with Gasteiger partial charge in [0.25, 0.3) is 0 Å². The van der Waals surface area contributed by atoms with Crippen LogP contribution in [-0.4, -0.2) is 25.3 Å². The van der Waals surface area contributed by atoms with Crippen molar-refractivity contribution in [1.29, 1.82) is 0 Å². The number of ether oxygens (including phenoxy) is 1. The Balaban J connectivity index is 3.13. The van der Waals surface area contributed by atoms with Crippen molar-refractivity contribution in [2.75, 3.05) is 19.7 Å². The van der Waals surface area contributed by atoms with Crippen LogP contribution in [0.4, 0.5) is 0 Å². The average Bonchev–Trinajstić information content (AvgIpc) is 2.16. The summed E-state index contributed by atoms with van der Waals surface area (Å²) in [5.41, 5.74) is 0.0711. The highest BCUT2D eigenvalue weighted by Gasteiger charge is 2.13. The molecule has 0 spiro atoms. The Kier molecular flexibility index (Phi) is 8.20. The van der Waals surface area contributed by atoms with E-state index < -0.39 is 0 Å². The van der Waals surface area contributed by atoms with Gasteiger partial charge in [-0.25, -0.2) is 0 Å². The van der Waals surface area contributed by atoms with Crippen LogP contribution in [0.25, 0.3) is 0 Å². The fourth-order valence-corrected chi connectivity index (χ4v) is 1.16. The van der Waals surface area contributed by atoms with E-state index in [4.69, 9.17) is 4.74 Å². The van der Waals surface area contributed by atoms with Crippen molar-refractivity contribution in [3.8, 4) is 0 Å². The number of rotatable bonds is 9. The maximum Gasteiger partial charge on any atom is 0.0623 e. The fraction of sp³-hybridized carbons (Fsp3) is 1.00. The summed E-state index contributed by atoms with van der Waals surface area (Å²) in [6, 6.07) is 0. The predicted molar refractivity (Wildman–Crippen MR) is 62.7 cm³/mol. The monoisotopic (exact) mass is 201 g/mol.